The number of likely N-dealkylation sites (N-methyl/N-ethyl adjacent to an activating group) is 1. The maximum atomic E-state index is 12.4. The normalized spacial score (nSPS) is 13.5. The smallest absolute Gasteiger partial charge is 0.242 e. The Bertz CT molecular complexity index is 731. The Morgan fingerprint density at radius 3 is 2.59 bits per heavy atom. The van der Waals surface area contributed by atoms with E-state index >= 15 is 0 Å². The molecule has 0 saturated heterocycles. The average molecular weight is 379 g/mol. The third kappa shape index (κ3) is 4.22. The van der Waals surface area contributed by atoms with Gasteiger partial charge < -0.3 is 4.90 Å². The SMILES string of the molecule is CN(C)C(CNS(=O)(=O)c1cc(Cl)ccc1Cl)c1cccs1. The van der Waals surface area contributed by atoms with Crippen LogP contribution in [0.1, 0.15) is 10.9 Å². The van der Waals surface area contributed by atoms with Crippen molar-refractivity contribution in [2.24, 2.45) is 0 Å². The maximum absolute atomic E-state index is 12.4. The minimum absolute atomic E-state index is 0.00893. The van der Waals surface area contributed by atoms with Gasteiger partial charge in [0.15, 0.2) is 0 Å². The summed E-state index contributed by atoms with van der Waals surface area (Å²) in [5.41, 5.74) is 0. The van der Waals surface area contributed by atoms with Gasteiger partial charge in [0.2, 0.25) is 10.0 Å². The van der Waals surface area contributed by atoms with Crippen LogP contribution in [-0.2, 0) is 10.0 Å². The van der Waals surface area contributed by atoms with E-state index in [1.54, 1.807) is 17.4 Å². The van der Waals surface area contributed by atoms with Crippen LogP contribution in [0, 0.1) is 0 Å². The summed E-state index contributed by atoms with van der Waals surface area (Å²) in [7, 11) is 0.0940. The molecule has 2 rings (SSSR count). The lowest BCUT2D eigenvalue weighted by atomic mass is 10.2. The number of sulfonamides is 1. The third-order valence-corrected chi connectivity index (χ3v) is 6.26. The Balaban J connectivity index is 2.20. The van der Waals surface area contributed by atoms with Crippen LogP contribution in [0.15, 0.2) is 40.6 Å². The van der Waals surface area contributed by atoms with Gasteiger partial charge in [-0.05, 0) is 43.7 Å². The first kappa shape index (κ1) is 17.7. The second-order valence-corrected chi connectivity index (χ2v) is 8.48. The number of benzene rings is 1. The molecule has 0 fully saturated rings. The molecule has 0 aliphatic heterocycles. The van der Waals surface area contributed by atoms with Crippen LogP contribution in [0.3, 0.4) is 0 Å². The Hall–Kier alpha value is -0.630. The van der Waals surface area contributed by atoms with Crippen molar-refractivity contribution in [1.82, 2.24) is 9.62 Å². The third-order valence-electron chi connectivity index (χ3n) is 3.14. The Kier molecular flexibility index (Phi) is 5.87. The molecule has 0 saturated carbocycles. The van der Waals surface area contributed by atoms with Gasteiger partial charge >= 0.3 is 0 Å². The lowest BCUT2D eigenvalue weighted by Crippen LogP contribution is -2.34. The minimum Gasteiger partial charge on any atom is -0.300 e. The van der Waals surface area contributed by atoms with Gasteiger partial charge in [-0.2, -0.15) is 0 Å². The van der Waals surface area contributed by atoms with Gasteiger partial charge in [-0.3, -0.25) is 0 Å². The molecule has 1 aromatic heterocycles. The van der Waals surface area contributed by atoms with Crippen molar-refractivity contribution in [3.05, 3.63) is 50.6 Å². The summed E-state index contributed by atoms with van der Waals surface area (Å²) in [5.74, 6) is 0. The van der Waals surface area contributed by atoms with Gasteiger partial charge in [-0.25, -0.2) is 13.1 Å². The predicted octanol–water partition coefficient (Wildman–Crippen LogP) is 3.64. The predicted molar refractivity (Wildman–Crippen MR) is 92.4 cm³/mol. The molecular formula is C14H16Cl2N2O2S2. The monoisotopic (exact) mass is 378 g/mol. The van der Waals surface area contributed by atoms with E-state index in [2.05, 4.69) is 4.72 Å². The Morgan fingerprint density at radius 1 is 1.27 bits per heavy atom. The van der Waals surface area contributed by atoms with E-state index in [1.165, 1.54) is 12.1 Å². The van der Waals surface area contributed by atoms with Crippen LogP contribution in [0.25, 0.3) is 0 Å². The second kappa shape index (κ2) is 7.29. The number of nitrogens with zero attached hydrogens (tertiary/aromatic N) is 1. The summed E-state index contributed by atoms with van der Waals surface area (Å²) in [4.78, 5) is 3.05. The summed E-state index contributed by atoms with van der Waals surface area (Å²) in [6.07, 6.45) is 0. The van der Waals surface area contributed by atoms with Gasteiger partial charge in [0.1, 0.15) is 4.90 Å². The molecule has 0 radical (unpaired) electrons. The number of halogens is 2. The van der Waals surface area contributed by atoms with Crippen molar-refractivity contribution < 1.29 is 8.42 Å². The molecule has 1 N–H and O–H groups in total. The fourth-order valence-corrected chi connectivity index (χ4v) is 4.69. The molecule has 120 valence electrons. The molecule has 2 aromatic rings. The van der Waals surface area contributed by atoms with E-state index in [1.807, 2.05) is 36.5 Å². The maximum Gasteiger partial charge on any atom is 0.242 e. The summed E-state index contributed by atoms with van der Waals surface area (Å²) in [6.45, 7) is 0.249. The molecule has 0 aliphatic rings. The highest BCUT2D eigenvalue weighted by Crippen LogP contribution is 2.26. The highest BCUT2D eigenvalue weighted by atomic mass is 35.5. The van der Waals surface area contributed by atoms with Crippen molar-refractivity contribution in [2.75, 3.05) is 20.6 Å². The zero-order valence-electron chi connectivity index (χ0n) is 12.1. The van der Waals surface area contributed by atoms with Gasteiger partial charge in [-0.15, -0.1) is 11.3 Å². The van der Waals surface area contributed by atoms with Crippen LogP contribution < -0.4 is 4.72 Å². The van der Waals surface area contributed by atoms with E-state index in [9.17, 15) is 8.42 Å². The van der Waals surface area contributed by atoms with E-state index in [0.29, 0.717) is 5.02 Å². The first-order chi connectivity index (χ1) is 10.3. The molecule has 0 spiro atoms. The molecule has 1 heterocycles. The van der Waals surface area contributed by atoms with Crippen molar-refractivity contribution in [2.45, 2.75) is 10.9 Å². The molecule has 0 aliphatic carbocycles. The standard InChI is InChI=1S/C14H16Cl2N2O2S2/c1-18(2)12(13-4-3-7-21-13)9-17-22(19,20)14-8-10(15)5-6-11(14)16/h3-8,12,17H,9H2,1-2H3. The first-order valence-corrected chi connectivity index (χ1v) is 9.57. The van der Waals surface area contributed by atoms with E-state index in [0.717, 1.165) is 4.88 Å². The number of rotatable bonds is 6. The molecule has 0 bridgehead atoms. The first-order valence-electron chi connectivity index (χ1n) is 6.46. The van der Waals surface area contributed by atoms with Crippen LogP contribution in [0.5, 0.6) is 0 Å². The van der Waals surface area contributed by atoms with Crippen molar-refractivity contribution in [3.63, 3.8) is 0 Å². The summed E-state index contributed by atoms with van der Waals surface area (Å²) >= 11 is 13.4. The number of hydrogen-bond acceptors (Lipinski definition) is 4. The van der Waals surface area contributed by atoms with Crippen molar-refractivity contribution in [3.8, 4) is 0 Å². The minimum atomic E-state index is -3.72. The number of thiophene rings is 1. The van der Waals surface area contributed by atoms with Crippen LogP contribution in [0.4, 0.5) is 0 Å². The lowest BCUT2D eigenvalue weighted by molar-refractivity contribution is 0.303. The topological polar surface area (TPSA) is 49.4 Å². The highest BCUT2D eigenvalue weighted by Gasteiger charge is 2.22. The average Bonchev–Trinajstić information content (AvgIpc) is 2.95. The Morgan fingerprint density at radius 2 is 2.00 bits per heavy atom. The Labute approximate surface area is 144 Å². The van der Waals surface area contributed by atoms with E-state index in [-0.39, 0.29) is 22.5 Å². The molecule has 4 nitrogen and oxygen atoms in total. The molecular weight excluding hydrogens is 363 g/mol. The van der Waals surface area contributed by atoms with Crippen molar-refractivity contribution in [1.29, 1.82) is 0 Å². The van der Waals surface area contributed by atoms with Gasteiger partial charge in [-0.1, -0.05) is 29.3 Å². The number of hydrogen-bond donors (Lipinski definition) is 1. The van der Waals surface area contributed by atoms with E-state index < -0.39 is 10.0 Å². The molecule has 8 heteroatoms. The van der Waals surface area contributed by atoms with Gasteiger partial charge in [0, 0.05) is 16.4 Å². The van der Waals surface area contributed by atoms with Crippen LogP contribution in [0.2, 0.25) is 10.0 Å². The largest absolute Gasteiger partial charge is 0.300 e. The molecule has 1 unspecified atom stereocenters. The molecule has 22 heavy (non-hydrogen) atoms. The summed E-state index contributed by atoms with van der Waals surface area (Å²) in [5, 5.41) is 2.44. The molecule has 1 aromatic carbocycles. The number of nitrogens with one attached hydrogen (secondary N) is 1. The molecule has 1 atom stereocenters. The van der Waals surface area contributed by atoms with Crippen molar-refractivity contribution >= 4 is 44.6 Å². The highest BCUT2D eigenvalue weighted by molar-refractivity contribution is 7.89. The quantitative estimate of drug-likeness (QED) is 0.834. The van der Waals surface area contributed by atoms with Crippen LogP contribution in [-0.4, -0.2) is 34.0 Å². The zero-order valence-corrected chi connectivity index (χ0v) is 15.2. The van der Waals surface area contributed by atoms with E-state index in [4.69, 9.17) is 23.2 Å². The molecule has 0 amide bonds. The summed E-state index contributed by atoms with van der Waals surface area (Å²) in [6, 6.07) is 8.25. The fourth-order valence-electron chi connectivity index (χ4n) is 1.97. The van der Waals surface area contributed by atoms with Gasteiger partial charge in [0.05, 0.1) is 11.1 Å². The van der Waals surface area contributed by atoms with Gasteiger partial charge in [0.25, 0.3) is 0 Å². The fraction of sp³-hybridized carbons (Fsp3) is 0.286. The lowest BCUT2D eigenvalue weighted by Gasteiger charge is -2.23. The summed E-state index contributed by atoms with van der Waals surface area (Å²) < 4.78 is 27.5. The zero-order chi connectivity index (χ0) is 16.3. The van der Waals surface area contributed by atoms with Crippen LogP contribution >= 0.6 is 34.5 Å². The second-order valence-electron chi connectivity index (χ2n) is 4.92.